The van der Waals surface area contributed by atoms with E-state index in [1.165, 1.54) is 0 Å². The zero-order valence-corrected chi connectivity index (χ0v) is 51.7. The molecule has 0 fully saturated rings. The Hall–Kier alpha value is -14.2. The van der Waals surface area contributed by atoms with Crippen molar-refractivity contribution in [2.45, 2.75) is 0 Å². The number of rotatable bonds is 10. The van der Waals surface area contributed by atoms with Crippen LogP contribution in [0.4, 0.5) is 0 Å². The van der Waals surface area contributed by atoms with Crippen molar-refractivity contribution < 1.29 is 0 Å². The van der Waals surface area contributed by atoms with Gasteiger partial charge in [0.05, 0.1) is 44.6 Å². The molecule has 15 rings (SSSR count). The first-order valence-electron chi connectivity index (χ1n) is 31.1. The van der Waals surface area contributed by atoms with Gasteiger partial charge in [-0.1, -0.05) is 193 Å². The van der Waals surface area contributed by atoms with Crippen LogP contribution in [0.15, 0.2) is 267 Å². The van der Waals surface area contributed by atoms with Gasteiger partial charge in [0.1, 0.15) is 12.1 Å². The SMILES string of the molecule is C#Cc1cccc(-c2cc(-c3cccc(C#C)c3C#C)c(-c3cccc(C#C)c3C#C)cc2-c2cc(-c3cc(-c4ccccc4)cc(-c4ccccc4)c3)cc(-c3ccc4c(c3)c3ccccc3n4-c3cc(C#N)c(C#N)cc3-n3c4ccccc4c4ccccc43)c2)c1C#C. The molecule has 2 heterocycles. The maximum atomic E-state index is 10.8. The third kappa shape index (κ3) is 9.72. The van der Waals surface area contributed by atoms with Crippen LogP contribution in [0.2, 0.25) is 0 Å². The van der Waals surface area contributed by atoms with Crippen LogP contribution < -0.4 is 0 Å². The molecule has 0 N–H and O–H groups in total. The number of nitriles is 2. The van der Waals surface area contributed by atoms with Crippen molar-refractivity contribution >= 4 is 43.6 Å². The van der Waals surface area contributed by atoms with Crippen LogP contribution in [-0.2, 0) is 0 Å². The van der Waals surface area contributed by atoms with Crippen molar-refractivity contribution in [3.8, 4) is 187 Å². The molecular formula is C92H50N4. The van der Waals surface area contributed by atoms with E-state index in [0.29, 0.717) is 44.5 Å². The maximum absolute atomic E-state index is 10.8. The highest BCUT2D eigenvalue weighted by Gasteiger charge is 2.26. The summed E-state index contributed by atoms with van der Waals surface area (Å²) in [6.45, 7) is 0. The van der Waals surface area contributed by atoms with Crippen molar-refractivity contribution in [2.24, 2.45) is 0 Å². The lowest BCUT2D eigenvalue weighted by Crippen LogP contribution is -2.05. The van der Waals surface area contributed by atoms with E-state index in [2.05, 4.69) is 215 Å². The average molecular weight is 1210 g/mol. The molecular weight excluding hydrogens is 1160 g/mol. The molecule has 0 bridgehead atoms. The smallest absolute Gasteiger partial charge is 0.101 e. The molecule has 0 atom stereocenters. The number of nitrogens with zero attached hydrogens (tertiary/aromatic N) is 4. The molecule has 0 aliphatic heterocycles. The molecule has 0 radical (unpaired) electrons. The van der Waals surface area contributed by atoms with Gasteiger partial charge in [0.2, 0.25) is 0 Å². The number of terminal acetylenes is 6. The van der Waals surface area contributed by atoms with Crippen LogP contribution >= 0.6 is 0 Å². The second-order valence-corrected chi connectivity index (χ2v) is 23.4. The summed E-state index contributed by atoms with van der Waals surface area (Å²) >= 11 is 0. The molecule has 15 aromatic rings. The van der Waals surface area contributed by atoms with Crippen molar-refractivity contribution in [2.75, 3.05) is 0 Å². The second-order valence-electron chi connectivity index (χ2n) is 23.4. The van der Waals surface area contributed by atoms with Gasteiger partial charge in [-0.2, -0.15) is 10.5 Å². The molecule has 2 aromatic heterocycles. The first-order chi connectivity index (χ1) is 47.3. The zero-order valence-electron chi connectivity index (χ0n) is 51.7. The van der Waals surface area contributed by atoms with E-state index < -0.39 is 0 Å². The third-order valence-electron chi connectivity index (χ3n) is 18.3. The molecule has 96 heavy (non-hydrogen) atoms. The number of hydrogen-bond acceptors (Lipinski definition) is 2. The van der Waals surface area contributed by atoms with E-state index >= 15 is 0 Å². The van der Waals surface area contributed by atoms with Crippen LogP contribution in [0.5, 0.6) is 0 Å². The predicted octanol–water partition coefficient (Wildman–Crippen LogP) is 20.8. The Morgan fingerprint density at radius 1 is 0.219 bits per heavy atom. The van der Waals surface area contributed by atoms with Crippen molar-refractivity contribution in [1.29, 1.82) is 10.5 Å². The Labute approximate surface area is 557 Å². The van der Waals surface area contributed by atoms with Gasteiger partial charge in [0.15, 0.2) is 0 Å². The molecule has 0 saturated carbocycles. The molecule has 4 nitrogen and oxygen atoms in total. The number of para-hydroxylation sites is 3. The molecule has 0 amide bonds. The summed E-state index contributed by atoms with van der Waals surface area (Å²) in [4.78, 5) is 0. The normalized spacial score (nSPS) is 10.8. The van der Waals surface area contributed by atoms with Gasteiger partial charge in [-0.05, 0) is 198 Å². The topological polar surface area (TPSA) is 57.4 Å². The first-order valence-corrected chi connectivity index (χ1v) is 31.1. The van der Waals surface area contributed by atoms with Gasteiger partial charge in [-0.15, -0.1) is 38.5 Å². The summed E-state index contributed by atoms with van der Waals surface area (Å²) in [5.74, 6) is 17.4. The Morgan fingerprint density at radius 2 is 0.552 bits per heavy atom. The van der Waals surface area contributed by atoms with Gasteiger partial charge >= 0.3 is 0 Å². The lowest BCUT2D eigenvalue weighted by Gasteiger charge is -2.22. The molecule has 438 valence electrons. The lowest BCUT2D eigenvalue weighted by molar-refractivity contribution is 1.09. The Morgan fingerprint density at radius 3 is 0.948 bits per heavy atom. The molecule has 13 aromatic carbocycles. The second kappa shape index (κ2) is 24.2. The summed E-state index contributed by atoms with van der Waals surface area (Å²) in [7, 11) is 0. The van der Waals surface area contributed by atoms with E-state index in [1.807, 2.05) is 109 Å². The van der Waals surface area contributed by atoms with Gasteiger partial charge in [-0.3, -0.25) is 0 Å². The van der Waals surface area contributed by atoms with E-state index in [-0.39, 0.29) is 11.1 Å². The largest absolute Gasteiger partial charge is 0.307 e. The number of aromatic nitrogens is 2. The summed E-state index contributed by atoms with van der Waals surface area (Å²) < 4.78 is 4.44. The highest BCUT2D eigenvalue weighted by atomic mass is 15.1. The first kappa shape index (κ1) is 58.2. The summed E-state index contributed by atoms with van der Waals surface area (Å²) in [6, 6.07) is 95.9. The summed E-state index contributed by atoms with van der Waals surface area (Å²) in [5.41, 5.74) is 23.1. The van der Waals surface area contributed by atoms with Gasteiger partial charge in [-0.25, -0.2) is 0 Å². The Bertz CT molecular complexity index is 6050. The standard InChI is InChI=1S/C92H50N4/c1-7-59-32-25-38-76(73(59)10-4)83-56-85(78-40-27-34-61(9-3)75(78)12-6)84(77-39-26-33-60(8-2)74(77)11-5)55-82(83)70-50-67(49-69(51-70)68-47-65(62-28-15-13-16-29-62)46-66(48-68)63-30-17-14-18-31-63)64-44-45-90-86(52-64)81-37-21-24-43-89(81)96(90)92-54-72(58-94)71(57-93)53-91(92)95-87-41-22-19-35-79(87)80-36-20-23-42-88(80)95/h1-6,13-56H. The molecule has 0 saturated heterocycles. The third-order valence-corrected chi connectivity index (χ3v) is 18.3. The fraction of sp³-hybridized carbons (Fsp3) is 0. The molecule has 0 spiro atoms. The van der Waals surface area contributed by atoms with Crippen LogP contribution in [0.25, 0.3) is 144 Å². The zero-order chi connectivity index (χ0) is 65.6. The Kier molecular flexibility index (Phi) is 14.7. The number of fused-ring (bicyclic) bond motifs is 6. The van der Waals surface area contributed by atoms with E-state index in [4.69, 9.17) is 38.5 Å². The van der Waals surface area contributed by atoms with E-state index in [1.54, 1.807) is 0 Å². The minimum absolute atomic E-state index is 0.267. The van der Waals surface area contributed by atoms with Crippen molar-refractivity contribution in [3.63, 3.8) is 0 Å². The van der Waals surface area contributed by atoms with Crippen molar-refractivity contribution in [1.82, 2.24) is 9.13 Å². The van der Waals surface area contributed by atoms with Gasteiger partial charge in [0, 0.05) is 54.9 Å². The fourth-order valence-electron chi connectivity index (χ4n) is 13.9. The van der Waals surface area contributed by atoms with Gasteiger partial charge < -0.3 is 9.13 Å². The highest BCUT2D eigenvalue weighted by Crippen LogP contribution is 2.49. The lowest BCUT2D eigenvalue weighted by atomic mass is 9.80. The Balaban J connectivity index is 1.05. The molecule has 0 aliphatic carbocycles. The fourth-order valence-corrected chi connectivity index (χ4v) is 13.9. The predicted molar refractivity (Wildman–Crippen MR) is 396 cm³/mol. The minimum atomic E-state index is 0.267. The van der Waals surface area contributed by atoms with E-state index in [9.17, 15) is 10.5 Å². The van der Waals surface area contributed by atoms with Crippen LogP contribution in [0, 0.1) is 96.7 Å². The molecule has 0 unspecified atom stereocenters. The van der Waals surface area contributed by atoms with E-state index in [0.717, 1.165) is 133 Å². The molecule has 0 aliphatic rings. The monoisotopic (exact) mass is 1210 g/mol. The highest BCUT2D eigenvalue weighted by molar-refractivity contribution is 6.13. The van der Waals surface area contributed by atoms with Crippen LogP contribution in [0.3, 0.4) is 0 Å². The summed E-state index contributed by atoms with van der Waals surface area (Å²) in [5, 5.41) is 25.5. The van der Waals surface area contributed by atoms with Crippen LogP contribution in [0.1, 0.15) is 44.5 Å². The summed E-state index contributed by atoms with van der Waals surface area (Å²) in [6.07, 6.45) is 38.3. The van der Waals surface area contributed by atoms with Gasteiger partial charge in [0.25, 0.3) is 0 Å². The average Bonchev–Trinajstić information content (AvgIpc) is 1.45. The quantitative estimate of drug-likeness (QED) is 0.128. The van der Waals surface area contributed by atoms with Crippen molar-refractivity contribution in [3.05, 3.63) is 311 Å². The molecule has 4 heteroatoms. The minimum Gasteiger partial charge on any atom is -0.307 e. The number of hydrogen-bond donors (Lipinski definition) is 0. The van der Waals surface area contributed by atoms with Crippen LogP contribution in [-0.4, -0.2) is 9.13 Å². The maximum Gasteiger partial charge on any atom is 0.101 e. The number of benzene rings is 13.